The Labute approximate surface area is 112 Å². The highest BCUT2D eigenvalue weighted by molar-refractivity contribution is 7.17. The van der Waals surface area contributed by atoms with E-state index >= 15 is 0 Å². The standard InChI is InChI=1S/C15H20N2S/c1-10-6-11(10)8-17-14(7-16)13-9-18-15-5-3-2-4-12(13)15/h2-5,9-11,14,17H,6-8,16H2,1H3. The van der Waals surface area contributed by atoms with Crippen molar-refractivity contribution < 1.29 is 0 Å². The van der Waals surface area contributed by atoms with Gasteiger partial charge in [0.1, 0.15) is 0 Å². The van der Waals surface area contributed by atoms with Crippen molar-refractivity contribution in [3.63, 3.8) is 0 Å². The van der Waals surface area contributed by atoms with Crippen molar-refractivity contribution in [2.45, 2.75) is 19.4 Å². The van der Waals surface area contributed by atoms with Crippen molar-refractivity contribution in [3.05, 3.63) is 35.2 Å². The Bertz CT molecular complexity index is 534. The third kappa shape index (κ3) is 2.30. The summed E-state index contributed by atoms with van der Waals surface area (Å²) in [6.07, 6.45) is 1.37. The van der Waals surface area contributed by atoms with E-state index in [1.165, 1.54) is 22.1 Å². The lowest BCUT2D eigenvalue weighted by Crippen LogP contribution is -2.29. The van der Waals surface area contributed by atoms with E-state index in [1.807, 2.05) is 11.3 Å². The molecule has 0 saturated heterocycles. The molecule has 18 heavy (non-hydrogen) atoms. The molecular weight excluding hydrogens is 240 g/mol. The maximum atomic E-state index is 5.94. The summed E-state index contributed by atoms with van der Waals surface area (Å²) in [6, 6.07) is 8.88. The van der Waals surface area contributed by atoms with E-state index in [9.17, 15) is 0 Å². The summed E-state index contributed by atoms with van der Waals surface area (Å²) in [5.74, 6) is 1.76. The highest BCUT2D eigenvalue weighted by Crippen LogP contribution is 2.37. The fraction of sp³-hybridized carbons (Fsp3) is 0.467. The van der Waals surface area contributed by atoms with Crippen LogP contribution in [0.1, 0.15) is 24.9 Å². The summed E-state index contributed by atoms with van der Waals surface area (Å²) in [4.78, 5) is 0. The summed E-state index contributed by atoms with van der Waals surface area (Å²) in [7, 11) is 0. The second-order valence-corrected chi connectivity index (χ2v) is 6.27. The second-order valence-electron chi connectivity index (χ2n) is 5.36. The number of hydrogen-bond donors (Lipinski definition) is 2. The molecule has 1 fully saturated rings. The van der Waals surface area contributed by atoms with Gasteiger partial charge in [-0.15, -0.1) is 11.3 Å². The highest BCUT2D eigenvalue weighted by Gasteiger charge is 2.32. The van der Waals surface area contributed by atoms with Crippen molar-refractivity contribution in [2.75, 3.05) is 13.1 Å². The van der Waals surface area contributed by atoms with Crippen molar-refractivity contribution in [2.24, 2.45) is 17.6 Å². The van der Waals surface area contributed by atoms with Gasteiger partial charge in [-0.1, -0.05) is 25.1 Å². The van der Waals surface area contributed by atoms with Crippen molar-refractivity contribution in [1.29, 1.82) is 0 Å². The van der Waals surface area contributed by atoms with E-state index in [1.54, 1.807) is 0 Å². The van der Waals surface area contributed by atoms with Gasteiger partial charge in [0.2, 0.25) is 0 Å². The quantitative estimate of drug-likeness (QED) is 0.866. The van der Waals surface area contributed by atoms with E-state index < -0.39 is 0 Å². The van der Waals surface area contributed by atoms with Crippen LogP contribution in [-0.4, -0.2) is 13.1 Å². The molecule has 0 radical (unpaired) electrons. The van der Waals surface area contributed by atoms with Crippen LogP contribution in [0.25, 0.3) is 10.1 Å². The van der Waals surface area contributed by atoms with Crippen LogP contribution in [0.3, 0.4) is 0 Å². The molecule has 1 aliphatic rings. The van der Waals surface area contributed by atoms with Crippen LogP contribution >= 0.6 is 11.3 Å². The Morgan fingerprint density at radius 3 is 2.94 bits per heavy atom. The number of rotatable bonds is 5. The molecule has 1 heterocycles. The van der Waals surface area contributed by atoms with Crippen LogP contribution in [0.15, 0.2) is 29.6 Å². The first kappa shape index (κ1) is 12.2. The molecule has 0 amide bonds. The summed E-state index contributed by atoms with van der Waals surface area (Å²) in [5.41, 5.74) is 7.31. The van der Waals surface area contributed by atoms with Gasteiger partial charge in [-0.2, -0.15) is 0 Å². The average Bonchev–Trinajstić information content (AvgIpc) is 2.94. The molecule has 2 nitrogen and oxygen atoms in total. The number of fused-ring (bicyclic) bond motifs is 1. The predicted molar refractivity (Wildman–Crippen MR) is 78.9 cm³/mol. The molecule has 3 atom stereocenters. The molecule has 0 aliphatic heterocycles. The lowest BCUT2D eigenvalue weighted by molar-refractivity contribution is 0.515. The first-order valence-corrected chi connectivity index (χ1v) is 7.57. The van der Waals surface area contributed by atoms with Crippen LogP contribution in [0.2, 0.25) is 0 Å². The minimum absolute atomic E-state index is 0.300. The van der Waals surface area contributed by atoms with Crippen molar-refractivity contribution in [1.82, 2.24) is 5.32 Å². The van der Waals surface area contributed by atoms with E-state index in [4.69, 9.17) is 5.73 Å². The highest BCUT2D eigenvalue weighted by atomic mass is 32.1. The minimum atomic E-state index is 0.300. The molecule has 1 saturated carbocycles. The number of thiophene rings is 1. The van der Waals surface area contributed by atoms with Crippen LogP contribution in [-0.2, 0) is 0 Å². The molecule has 3 rings (SSSR count). The Hall–Kier alpha value is -0.900. The van der Waals surface area contributed by atoms with Gasteiger partial charge in [0.05, 0.1) is 0 Å². The van der Waals surface area contributed by atoms with Gasteiger partial charge in [-0.05, 0) is 47.2 Å². The summed E-state index contributed by atoms with van der Waals surface area (Å²) >= 11 is 1.81. The Morgan fingerprint density at radius 2 is 2.22 bits per heavy atom. The van der Waals surface area contributed by atoms with E-state index in [0.29, 0.717) is 12.6 Å². The van der Waals surface area contributed by atoms with Gasteiger partial charge < -0.3 is 11.1 Å². The number of benzene rings is 1. The number of nitrogens with two attached hydrogens (primary N) is 1. The third-order valence-corrected chi connectivity index (χ3v) is 5.01. The number of hydrogen-bond acceptors (Lipinski definition) is 3. The fourth-order valence-electron chi connectivity index (χ4n) is 2.57. The van der Waals surface area contributed by atoms with Gasteiger partial charge >= 0.3 is 0 Å². The van der Waals surface area contributed by atoms with E-state index in [0.717, 1.165) is 18.4 Å². The van der Waals surface area contributed by atoms with Crippen LogP contribution in [0, 0.1) is 11.8 Å². The SMILES string of the molecule is CC1CC1CNC(CN)c1csc2ccccc12. The van der Waals surface area contributed by atoms with E-state index in [-0.39, 0.29) is 0 Å². The maximum Gasteiger partial charge on any atom is 0.0459 e. The van der Waals surface area contributed by atoms with Crippen molar-refractivity contribution >= 4 is 21.4 Å². The largest absolute Gasteiger partial charge is 0.329 e. The van der Waals surface area contributed by atoms with E-state index in [2.05, 4.69) is 41.9 Å². The molecule has 1 aliphatic carbocycles. The molecule has 3 N–H and O–H groups in total. The predicted octanol–water partition coefficient (Wildman–Crippen LogP) is 3.15. The zero-order chi connectivity index (χ0) is 12.5. The Balaban J connectivity index is 1.77. The maximum absolute atomic E-state index is 5.94. The Kier molecular flexibility index (Phi) is 3.37. The second kappa shape index (κ2) is 5.00. The molecule has 96 valence electrons. The molecule has 3 unspecified atom stereocenters. The molecule has 0 spiro atoms. The zero-order valence-corrected chi connectivity index (χ0v) is 11.5. The van der Waals surface area contributed by atoms with Gasteiger partial charge in [-0.3, -0.25) is 0 Å². The Morgan fingerprint density at radius 1 is 1.44 bits per heavy atom. The van der Waals surface area contributed by atoms with Crippen LogP contribution in [0.4, 0.5) is 0 Å². The molecule has 1 aromatic carbocycles. The van der Waals surface area contributed by atoms with Gasteiger partial charge in [0, 0.05) is 17.3 Å². The van der Waals surface area contributed by atoms with Gasteiger partial charge in [0.15, 0.2) is 0 Å². The third-order valence-electron chi connectivity index (χ3n) is 4.02. The summed E-state index contributed by atoms with van der Waals surface area (Å²) in [6.45, 7) is 4.10. The average molecular weight is 260 g/mol. The molecule has 1 aromatic heterocycles. The minimum Gasteiger partial charge on any atom is -0.329 e. The number of nitrogens with one attached hydrogen (secondary N) is 1. The fourth-order valence-corrected chi connectivity index (χ4v) is 3.58. The molecule has 3 heteroatoms. The zero-order valence-electron chi connectivity index (χ0n) is 10.7. The van der Waals surface area contributed by atoms with Gasteiger partial charge in [0.25, 0.3) is 0 Å². The molecule has 2 aromatic rings. The normalized spacial score (nSPS) is 24.3. The first-order chi connectivity index (χ1) is 8.79. The lowest BCUT2D eigenvalue weighted by atomic mass is 10.1. The van der Waals surface area contributed by atoms with Crippen LogP contribution < -0.4 is 11.1 Å². The summed E-state index contributed by atoms with van der Waals surface area (Å²) < 4.78 is 1.35. The monoisotopic (exact) mass is 260 g/mol. The summed E-state index contributed by atoms with van der Waals surface area (Å²) in [5, 5.41) is 7.25. The van der Waals surface area contributed by atoms with Crippen molar-refractivity contribution in [3.8, 4) is 0 Å². The first-order valence-electron chi connectivity index (χ1n) is 6.69. The molecular formula is C15H20N2S. The smallest absolute Gasteiger partial charge is 0.0459 e. The molecule has 0 bridgehead atoms. The van der Waals surface area contributed by atoms with Gasteiger partial charge in [-0.25, -0.2) is 0 Å². The lowest BCUT2D eigenvalue weighted by Gasteiger charge is -2.16. The topological polar surface area (TPSA) is 38.0 Å². The van der Waals surface area contributed by atoms with Crippen LogP contribution in [0.5, 0.6) is 0 Å².